The second-order valence-electron chi connectivity index (χ2n) is 4.31. The summed E-state index contributed by atoms with van der Waals surface area (Å²) in [5.74, 6) is -0.755. The predicted octanol–water partition coefficient (Wildman–Crippen LogP) is 3.07. The van der Waals surface area contributed by atoms with Crippen LogP contribution in [0.1, 0.15) is 31.9 Å². The molecule has 0 amide bonds. The number of hydrogen-bond acceptors (Lipinski definition) is 6. The number of carbonyl (C=O) groups is 1. The van der Waals surface area contributed by atoms with Gasteiger partial charge in [0, 0.05) is 17.7 Å². The van der Waals surface area contributed by atoms with E-state index in [0.29, 0.717) is 0 Å². The lowest BCUT2D eigenvalue weighted by molar-refractivity contribution is -0.396. The van der Waals surface area contributed by atoms with Crippen molar-refractivity contribution in [3.05, 3.63) is 56.1 Å². The van der Waals surface area contributed by atoms with Crippen LogP contribution >= 0.6 is 0 Å². The summed E-state index contributed by atoms with van der Waals surface area (Å²) in [4.78, 5) is 32.2. The van der Waals surface area contributed by atoms with E-state index >= 15 is 0 Å². The topological polar surface area (TPSA) is 113 Å². The maximum absolute atomic E-state index is 11.6. The van der Waals surface area contributed by atoms with Crippen LogP contribution in [-0.2, 0) is 9.53 Å². The molecule has 0 N–H and O–H groups in total. The maximum Gasteiger partial charge on any atom is 0.333 e. The number of benzene rings is 1. The van der Waals surface area contributed by atoms with Crippen LogP contribution in [0.3, 0.4) is 0 Å². The van der Waals surface area contributed by atoms with Crippen LogP contribution in [0, 0.1) is 20.2 Å². The van der Waals surface area contributed by atoms with Gasteiger partial charge in [-0.3, -0.25) is 20.2 Å². The molecule has 21 heavy (non-hydrogen) atoms. The molecule has 0 aliphatic heterocycles. The number of nitro groups is 2. The van der Waals surface area contributed by atoms with Gasteiger partial charge < -0.3 is 4.74 Å². The Hall–Kier alpha value is -2.77. The van der Waals surface area contributed by atoms with Crippen molar-refractivity contribution in [2.75, 3.05) is 0 Å². The largest absolute Gasteiger partial charge is 0.454 e. The fourth-order valence-electron chi connectivity index (χ4n) is 1.77. The third-order valence-electron chi connectivity index (χ3n) is 2.74. The SMILES string of the molecule is C=C(C)C(=O)OC(CC)c1c([N+](=O)[O-])cccc1[N+](=O)[O-]. The standard InChI is InChI=1S/C13H14N2O6/c1-4-11(21-13(16)8(2)3)12-9(14(17)18)6-5-7-10(12)15(19)20/h5-7,11H,2,4H2,1,3H3. The summed E-state index contributed by atoms with van der Waals surface area (Å²) in [5.41, 5.74) is -1.02. The molecule has 8 heteroatoms. The van der Waals surface area contributed by atoms with Crippen LogP contribution in [0.5, 0.6) is 0 Å². The quantitative estimate of drug-likeness (QED) is 0.345. The molecule has 0 fully saturated rings. The minimum Gasteiger partial charge on any atom is -0.454 e. The molecule has 0 heterocycles. The smallest absolute Gasteiger partial charge is 0.333 e. The highest BCUT2D eigenvalue weighted by molar-refractivity contribution is 5.87. The molecule has 8 nitrogen and oxygen atoms in total. The van der Waals surface area contributed by atoms with E-state index in [9.17, 15) is 25.0 Å². The molecule has 0 aliphatic carbocycles. The van der Waals surface area contributed by atoms with Gasteiger partial charge in [0.15, 0.2) is 0 Å². The summed E-state index contributed by atoms with van der Waals surface area (Å²) in [6, 6.07) is 3.49. The molecule has 1 rings (SSSR count). The lowest BCUT2D eigenvalue weighted by atomic mass is 10.0. The van der Waals surface area contributed by atoms with Gasteiger partial charge in [0.2, 0.25) is 0 Å². The summed E-state index contributed by atoms with van der Waals surface area (Å²) in [6.07, 6.45) is -0.929. The highest BCUT2D eigenvalue weighted by Gasteiger charge is 2.32. The zero-order chi connectivity index (χ0) is 16.2. The Kier molecular flexibility index (Phi) is 5.12. The second-order valence-corrected chi connectivity index (χ2v) is 4.31. The molecule has 0 saturated heterocycles. The van der Waals surface area contributed by atoms with Crippen LogP contribution < -0.4 is 0 Å². The Labute approximate surface area is 120 Å². The fraction of sp³-hybridized carbons (Fsp3) is 0.308. The van der Waals surface area contributed by atoms with E-state index in [1.807, 2.05) is 0 Å². The van der Waals surface area contributed by atoms with Crippen LogP contribution in [0.25, 0.3) is 0 Å². The Morgan fingerprint density at radius 1 is 1.29 bits per heavy atom. The molecule has 112 valence electrons. The summed E-state index contributed by atoms with van der Waals surface area (Å²) in [5, 5.41) is 22.1. The van der Waals surface area contributed by atoms with E-state index in [2.05, 4.69) is 6.58 Å². The van der Waals surface area contributed by atoms with Crippen molar-refractivity contribution in [3.8, 4) is 0 Å². The van der Waals surface area contributed by atoms with E-state index < -0.39 is 33.3 Å². The van der Waals surface area contributed by atoms with Crippen molar-refractivity contribution in [1.29, 1.82) is 0 Å². The van der Waals surface area contributed by atoms with Gasteiger partial charge in [-0.25, -0.2) is 4.79 Å². The molecular weight excluding hydrogens is 280 g/mol. The van der Waals surface area contributed by atoms with Crippen molar-refractivity contribution >= 4 is 17.3 Å². The van der Waals surface area contributed by atoms with Gasteiger partial charge in [0.05, 0.1) is 9.85 Å². The fourth-order valence-corrected chi connectivity index (χ4v) is 1.77. The van der Waals surface area contributed by atoms with Crippen LogP contribution in [-0.4, -0.2) is 15.8 Å². The molecule has 1 aromatic rings. The Balaban J connectivity index is 3.41. The van der Waals surface area contributed by atoms with Gasteiger partial charge >= 0.3 is 5.97 Å². The van der Waals surface area contributed by atoms with Crippen molar-refractivity contribution < 1.29 is 19.4 Å². The van der Waals surface area contributed by atoms with Gasteiger partial charge in [-0.1, -0.05) is 13.5 Å². The number of ether oxygens (including phenoxy) is 1. The number of esters is 1. The van der Waals surface area contributed by atoms with Crippen LogP contribution in [0.15, 0.2) is 30.4 Å². The van der Waals surface area contributed by atoms with E-state index in [1.165, 1.54) is 13.0 Å². The number of rotatable bonds is 6. The van der Waals surface area contributed by atoms with E-state index in [0.717, 1.165) is 12.1 Å². The highest BCUT2D eigenvalue weighted by atomic mass is 16.6. The Bertz CT molecular complexity index is 578. The molecule has 0 aromatic heterocycles. The van der Waals surface area contributed by atoms with Crippen molar-refractivity contribution in [1.82, 2.24) is 0 Å². The highest BCUT2D eigenvalue weighted by Crippen LogP contribution is 2.37. The normalized spacial score (nSPS) is 11.5. The molecule has 1 aromatic carbocycles. The molecular formula is C13H14N2O6. The van der Waals surface area contributed by atoms with Gasteiger partial charge in [-0.2, -0.15) is 0 Å². The number of hydrogen-bond donors (Lipinski definition) is 0. The molecule has 0 spiro atoms. The molecule has 0 radical (unpaired) electrons. The van der Waals surface area contributed by atoms with Gasteiger partial charge in [0.1, 0.15) is 11.7 Å². The molecule has 1 atom stereocenters. The van der Waals surface area contributed by atoms with E-state index in [1.54, 1.807) is 6.92 Å². The lowest BCUT2D eigenvalue weighted by Crippen LogP contribution is -2.14. The van der Waals surface area contributed by atoms with Gasteiger partial charge in [-0.15, -0.1) is 0 Å². The lowest BCUT2D eigenvalue weighted by Gasteiger charge is -2.16. The minimum atomic E-state index is -1.09. The number of nitro benzene ring substituents is 2. The average Bonchev–Trinajstić information content (AvgIpc) is 2.43. The summed E-state index contributed by atoms with van der Waals surface area (Å²) >= 11 is 0. The monoisotopic (exact) mass is 294 g/mol. The molecule has 1 unspecified atom stereocenters. The molecule has 0 aliphatic rings. The van der Waals surface area contributed by atoms with Gasteiger partial charge in [-0.05, 0) is 19.4 Å². The first-order chi connectivity index (χ1) is 9.79. The summed E-state index contributed by atoms with van der Waals surface area (Å²) in [7, 11) is 0. The molecule has 0 bridgehead atoms. The number of nitrogens with zero attached hydrogens (tertiary/aromatic N) is 2. The average molecular weight is 294 g/mol. The zero-order valence-corrected chi connectivity index (χ0v) is 11.6. The molecule has 0 saturated carbocycles. The van der Waals surface area contributed by atoms with Crippen molar-refractivity contribution in [2.24, 2.45) is 0 Å². The van der Waals surface area contributed by atoms with Crippen LogP contribution in [0.4, 0.5) is 11.4 Å². The predicted molar refractivity (Wildman–Crippen MR) is 73.7 cm³/mol. The third-order valence-corrected chi connectivity index (χ3v) is 2.74. The zero-order valence-electron chi connectivity index (χ0n) is 11.6. The Morgan fingerprint density at radius 2 is 1.76 bits per heavy atom. The van der Waals surface area contributed by atoms with E-state index in [4.69, 9.17) is 4.74 Å². The summed E-state index contributed by atoms with van der Waals surface area (Å²) < 4.78 is 5.08. The maximum atomic E-state index is 11.6. The van der Waals surface area contributed by atoms with Crippen molar-refractivity contribution in [2.45, 2.75) is 26.4 Å². The first kappa shape index (κ1) is 16.3. The van der Waals surface area contributed by atoms with E-state index in [-0.39, 0.29) is 17.6 Å². The van der Waals surface area contributed by atoms with Crippen LogP contribution in [0.2, 0.25) is 0 Å². The van der Waals surface area contributed by atoms with Gasteiger partial charge in [0.25, 0.3) is 11.4 Å². The minimum absolute atomic E-state index is 0.106. The summed E-state index contributed by atoms with van der Waals surface area (Å²) in [6.45, 7) is 6.44. The first-order valence-electron chi connectivity index (χ1n) is 6.07. The first-order valence-corrected chi connectivity index (χ1v) is 6.07. The number of carbonyl (C=O) groups excluding carboxylic acids is 1. The third kappa shape index (κ3) is 3.62. The van der Waals surface area contributed by atoms with Crippen molar-refractivity contribution in [3.63, 3.8) is 0 Å². The Morgan fingerprint density at radius 3 is 2.10 bits per heavy atom. The second kappa shape index (κ2) is 6.60.